The number of ether oxygens (including phenoxy) is 2. The smallest absolute Gasteiger partial charge is 0.211 e. The van der Waals surface area contributed by atoms with E-state index >= 15 is 0 Å². The van der Waals surface area contributed by atoms with Gasteiger partial charge >= 0.3 is 0 Å². The quantitative estimate of drug-likeness (QED) is 0.725. The molecule has 2 saturated heterocycles. The van der Waals surface area contributed by atoms with Crippen molar-refractivity contribution in [1.82, 2.24) is 0 Å². The van der Waals surface area contributed by atoms with Crippen LogP contribution in [0.2, 0.25) is 0 Å². The molecule has 4 heteroatoms. The summed E-state index contributed by atoms with van der Waals surface area (Å²) in [6, 6.07) is 0. The predicted molar refractivity (Wildman–Crippen MR) is 54.5 cm³/mol. The first-order valence-corrected chi connectivity index (χ1v) is 5.35. The first-order valence-electron chi connectivity index (χ1n) is 6.17. The fourth-order valence-electron chi connectivity index (χ4n) is 3.18. The average molecular weight is 220 g/mol. The van der Waals surface area contributed by atoms with Gasteiger partial charge in [0.2, 0.25) is 2.86 Å². The summed E-state index contributed by atoms with van der Waals surface area (Å²) in [6.07, 6.45) is -1.02. The molecule has 0 saturated carbocycles. The van der Waals surface area contributed by atoms with Gasteiger partial charge in [-0.1, -0.05) is 0 Å². The van der Waals surface area contributed by atoms with Crippen LogP contribution in [0.25, 0.3) is 0 Å². The molecular weight excluding hydrogens is 196 g/mol. The standard InChI is InChI=1S/C11H20O4/c1-6-7-8(12)11(14-6,9(2,3)13)10(4,5)15-7/h6-8,12-13H,1-5H3/i12T,13T. The number of rotatable bonds is 3. The van der Waals surface area contributed by atoms with E-state index in [0.29, 0.717) is 0 Å². The minimum Gasteiger partial charge on any atom is -0.387 e. The van der Waals surface area contributed by atoms with Gasteiger partial charge in [0, 0.05) is 0 Å². The highest BCUT2D eigenvalue weighted by Crippen LogP contribution is 2.55. The van der Waals surface area contributed by atoms with Crippen molar-refractivity contribution in [2.75, 3.05) is 0 Å². The Kier molecular flexibility index (Phi) is 1.63. The highest BCUT2D eigenvalue weighted by Gasteiger charge is 2.74. The van der Waals surface area contributed by atoms with Crippen molar-refractivity contribution in [2.45, 2.75) is 69.7 Å². The van der Waals surface area contributed by atoms with Gasteiger partial charge in [-0.05, 0) is 34.6 Å². The molecule has 88 valence electrons. The molecule has 4 unspecified atom stereocenters. The molecule has 2 N–H and O–H groups in total. The van der Waals surface area contributed by atoms with Gasteiger partial charge in [0.25, 0.3) is 0 Å². The molecule has 15 heavy (non-hydrogen) atoms. The third-order valence-corrected chi connectivity index (χ3v) is 3.75. The van der Waals surface area contributed by atoms with E-state index in [4.69, 9.17) is 22.6 Å². The van der Waals surface area contributed by atoms with E-state index in [-0.39, 0.29) is 12.2 Å². The van der Waals surface area contributed by atoms with E-state index < -0.39 is 22.9 Å². The summed E-state index contributed by atoms with van der Waals surface area (Å²) in [4.78, 5) is 0. The Balaban J connectivity index is 2.52. The summed E-state index contributed by atoms with van der Waals surface area (Å²) in [7, 11) is 0. The van der Waals surface area contributed by atoms with Crippen LogP contribution in [0, 0.1) is 0 Å². The van der Waals surface area contributed by atoms with Gasteiger partial charge < -0.3 is 19.7 Å². The van der Waals surface area contributed by atoms with E-state index in [0.717, 1.165) is 0 Å². The van der Waals surface area contributed by atoms with Crippen molar-refractivity contribution in [2.24, 2.45) is 0 Å². The van der Waals surface area contributed by atoms with Crippen LogP contribution >= 0.6 is 0 Å². The lowest BCUT2D eigenvalue weighted by molar-refractivity contribution is -0.277. The molecule has 0 radical (unpaired) electrons. The Morgan fingerprint density at radius 3 is 2.53 bits per heavy atom. The van der Waals surface area contributed by atoms with E-state index in [1.807, 2.05) is 20.8 Å². The number of hydrogen-bond acceptors (Lipinski definition) is 4. The van der Waals surface area contributed by atoms with E-state index in [1.165, 1.54) is 0 Å². The molecular formula is C11H20O4. The Bertz CT molecular complexity index is 321. The number of aliphatic hydroxyl groups is 2. The Labute approximate surface area is 93.2 Å². The van der Waals surface area contributed by atoms with Gasteiger partial charge in [0.1, 0.15) is 12.2 Å². The van der Waals surface area contributed by atoms with Gasteiger partial charge in [-0.3, -0.25) is 0 Å². The van der Waals surface area contributed by atoms with E-state index in [1.54, 1.807) is 13.8 Å². The molecule has 0 amide bonds. The summed E-state index contributed by atoms with van der Waals surface area (Å²) in [5.74, 6) is 0. The topological polar surface area (TPSA) is 58.9 Å². The van der Waals surface area contributed by atoms with Crippen LogP contribution in [-0.4, -0.2) is 48.2 Å². The maximum atomic E-state index is 7.27. The first kappa shape index (κ1) is 8.93. The average Bonchev–Trinajstić information content (AvgIpc) is 2.64. The third kappa shape index (κ3) is 1.11. The van der Waals surface area contributed by atoms with Crippen molar-refractivity contribution in [1.29, 1.82) is 2.86 Å². The molecule has 2 aliphatic rings. The highest BCUT2D eigenvalue weighted by molar-refractivity contribution is 5.22. The lowest BCUT2D eigenvalue weighted by Crippen LogP contribution is -2.66. The fraction of sp³-hybridized carbons (Fsp3) is 1.00. The molecule has 2 fully saturated rings. The van der Waals surface area contributed by atoms with Crippen LogP contribution in [-0.2, 0) is 9.47 Å². The second kappa shape index (κ2) is 2.74. The summed E-state index contributed by atoms with van der Waals surface area (Å²) in [6.45, 7) is 9.17. The number of fused-ring (bicyclic) bond motifs is 2. The van der Waals surface area contributed by atoms with Crippen LogP contribution < -0.4 is 0 Å². The Morgan fingerprint density at radius 2 is 2.00 bits per heavy atom. The minimum atomic E-state index is -0.951. The zero-order valence-corrected chi connectivity index (χ0v) is 9.87. The van der Waals surface area contributed by atoms with Crippen molar-refractivity contribution < 1.29 is 19.7 Å². The molecule has 0 spiro atoms. The van der Waals surface area contributed by atoms with Crippen LogP contribution in [0.3, 0.4) is 0 Å². The molecule has 0 aliphatic carbocycles. The normalized spacial score (nSPS) is 50.3. The monoisotopic (exact) mass is 220 g/mol. The Hall–Kier alpha value is -0.160. The van der Waals surface area contributed by atoms with E-state index in [2.05, 4.69) is 0 Å². The summed E-state index contributed by atoms with van der Waals surface area (Å²) in [5, 5.41) is 9.67. The maximum absolute atomic E-state index is 7.27. The number of hydrogen-bond donors (Lipinski definition) is 2. The zero-order chi connectivity index (χ0) is 13.1. The summed E-state index contributed by atoms with van der Waals surface area (Å²) in [5.41, 5.74) is -2.55. The molecule has 0 aromatic carbocycles. The first-order chi connectivity index (χ1) is 7.73. The Morgan fingerprint density at radius 1 is 1.33 bits per heavy atom. The molecule has 2 bridgehead atoms. The molecule has 0 aromatic rings. The van der Waals surface area contributed by atoms with Gasteiger partial charge in [0.15, 0.2) is 5.60 Å². The number of aliphatic hydroxyl groups excluding tert-OH is 1. The third-order valence-electron chi connectivity index (χ3n) is 3.75. The van der Waals surface area contributed by atoms with E-state index in [9.17, 15) is 0 Å². The van der Waals surface area contributed by atoms with Crippen molar-refractivity contribution in [3.63, 3.8) is 0 Å². The van der Waals surface area contributed by atoms with Crippen LogP contribution in [0.5, 0.6) is 0 Å². The predicted octanol–water partition coefficient (Wildman–Crippen LogP) is 0.453. The fourth-order valence-corrected chi connectivity index (χ4v) is 3.18. The SMILES string of the molecule is [3H]OC1C2OC(C)(C)C1(C(C)(C)O[3H])OC2C. The lowest BCUT2D eigenvalue weighted by atomic mass is 9.72. The lowest BCUT2D eigenvalue weighted by Gasteiger charge is -2.49. The highest BCUT2D eigenvalue weighted by atomic mass is 16.7. The molecule has 4 atom stereocenters. The van der Waals surface area contributed by atoms with Crippen LogP contribution in [0.1, 0.15) is 34.6 Å². The van der Waals surface area contributed by atoms with Gasteiger partial charge in [-0.15, -0.1) is 0 Å². The second-order valence-electron chi connectivity index (χ2n) is 5.58. The van der Waals surface area contributed by atoms with Crippen LogP contribution in [0.15, 0.2) is 0 Å². The largest absolute Gasteiger partial charge is 0.387 e. The molecule has 2 heterocycles. The maximum Gasteiger partial charge on any atom is 0.211 e. The van der Waals surface area contributed by atoms with Gasteiger partial charge in [-0.25, -0.2) is 0 Å². The van der Waals surface area contributed by atoms with Crippen LogP contribution in [0.4, 0.5) is 0 Å². The van der Waals surface area contributed by atoms with Crippen molar-refractivity contribution in [3.8, 4) is 0 Å². The molecule has 2 rings (SSSR count). The molecule has 0 aromatic heterocycles. The van der Waals surface area contributed by atoms with Gasteiger partial charge in [-0.2, -0.15) is 0 Å². The summed E-state index contributed by atoms with van der Waals surface area (Å²) < 4.78 is 26.5. The molecule has 4 nitrogen and oxygen atoms in total. The minimum absolute atomic E-state index is 0.173. The van der Waals surface area contributed by atoms with Crippen molar-refractivity contribution in [3.05, 3.63) is 0 Å². The summed E-state index contributed by atoms with van der Waals surface area (Å²) >= 11 is 0. The molecule has 2 aliphatic heterocycles. The second-order valence-corrected chi connectivity index (χ2v) is 5.58. The zero-order valence-electron chi connectivity index (χ0n) is 11.9. The van der Waals surface area contributed by atoms with Crippen molar-refractivity contribution >= 4 is 0 Å². The van der Waals surface area contributed by atoms with Gasteiger partial charge in [0.05, 0.1) is 17.3 Å².